The smallest absolute Gasteiger partial charge is 0.225 e. The number of carbonyl (C=O) groups is 1. The molecule has 3 rings (SSSR count). The minimum absolute atomic E-state index is 0.220. The zero-order valence-electron chi connectivity index (χ0n) is 12.8. The summed E-state index contributed by atoms with van der Waals surface area (Å²) in [5, 5.41) is 10.8. The Bertz CT molecular complexity index is 497. The maximum Gasteiger partial charge on any atom is 0.225 e. The highest BCUT2D eigenvalue weighted by Gasteiger charge is 2.39. The molecule has 2 heterocycles. The number of hydrogen-bond acceptors (Lipinski definition) is 3. The Morgan fingerprint density at radius 2 is 1.95 bits per heavy atom. The first-order valence-electron chi connectivity index (χ1n) is 8.09. The highest BCUT2D eigenvalue weighted by Crippen LogP contribution is 2.33. The van der Waals surface area contributed by atoms with Crippen molar-refractivity contribution in [3.05, 3.63) is 18.2 Å². The van der Waals surface area contributed by atoms with Gasteiger partial charge in [0.1, 0.15) is 11.4 Å². The van der Waals surface area contributed by atoms with Crippen molar-refractivity contribution in [2.24, 2.45) is 13.0 Å². The molecule has 0 bridgehead atoms. The maximum atomic E-state index is 12.5. The fraction of sp³-hybridized carbons (Fsp3) is 0.750. The first kappa shape index (κ1) is 14.6. The second-order valence-electron chi connectivity index (χ2n) is 6.55. The molecule has 21 heavy (non-hydrogen) atoms. The average Bonchev–Trinajstić information content (AvgIpc) is 2.95. The van der Waals surface area contributed by atoms with E-state index in [-0.39, 0.29) is 5.92 Å². The Hall–Kier alpha value is -1.36. The van der Waals surface area contributed by atoms with Crippen LogP contribution in [-0.4, -0.2) is 38.6 Å². The van der Waals surface area contributed by atoms with E-state index in [0.29, 0.717) is 37.7 Å². The summed E-state index contributed by atoms with van der Waals surface area (Å²) in [4.78, 5) is 18.8. The van der Waals surface area contributed by atoms with E-state index in [2.05, 4.69) is 4.98 Å². The lowest BCUT2D eigenvalue weighted by molar-refractivity contribution is -0.141. The van der Waals surface area contributed by atoms with E-state index in [4.69, 9.17) is 0 Å². The number of imidazole rings is 1. The Labute approximate surface area is 126 Å². The molecule has 0 atom stereocenters. The maximum absolute atomic E-state index is 12.5. The number of carbonyl (C=O) groups excluding carboxylic acids is 1. The zero-order valence-corrected chi connectivity index (χ0v) is 12.8. The number of likely N-dealkylation sites (tertiary alicyclic amines) is 1. The van der Waals surface area contributed by atoms with Gasteiger partial charge in [-0.3, -0.25) is 4.79 Å². The van der Waals surface area contributed by atoms with Gasteiger partial charge in [-0.2, -0.15) is 0 Å². The van der Waals surface area contributed by atoms with Crippen LogP contribution in [0.4, 0.5) is 0 Å². The number of aliphatic hydroxyl groups is 1. The van der Waals surface area contributed by atoms with Crippen LogP contribution in [0.5, 0.6) is 0 Å². The molecule has 2 fully saturated rings. The van der Waals surface area contributed by atoms with Crippen molar-refractivity contribution in [3.8, 4) is 0 Å². The largest absolute Gasteiger partial charge is 0.382 e. The van der Waals surface area contributed by atoms with E-state index in [1.165, 1.54) is 19.3 Å². The normalized spacial score (nSPS) is 23.2. The van der Waals surface area contributed by atoms with Crippen molar-refractivity contribution in [2.75, 3.05) is 13.1 Å². The predicted molar refractivity (Wildman–Crippen MR) is 79.5 cm³/mol. The second kappa shape index (κ2) is 5.79. The van der Waals surface area contributed by atoms with Crippen LogP contribution in [0.25, 0.3) is 0 Å². The molecule has 2 aliphatic rings. The minimum Gasteiger partial charge on any atom is -0.382 e. The van der Waals surface area contributed by atoms with E-state index < -0.39 is 5.60 Å². The van der Waals surface area contributed by atoms with Crippen LogP contribution >= 0.6 is 0 Å². The van der Waals surface area contributed by atoms with Gasteiger partial charge in [0.2, 0.25) is 5.91 Å². The third-order valence-electron chi connectivity index (χ3n) is 5.09. The third kappa shape index (κ3) is 2.84. The lowest BCUT2D eigenvalue weighted by Gasteiger charge is -2.39. The predicted octanol–water partition coefficient (Wildman–Crippen LogP) is 1.81. The number of piperidine rings is 1. The van der Waals surface area contributed by atoms with Gasteiger partial charge in [-0.1, -0.05) is 19.3 Å². The van der Waals surface area contributed by atoms with Gasteiger partial charge in [0.15, 0.2) is 0 Å². The number of rotatable bonds is 2. The molecule has 0 unspecified atom stereocenters. The Balaban J connectivity index is 1.62. The molecule has 1 aliphatic heterocycles. The molecular weight excluding hydrogens is 266 g/mol. The summed E-state index contributed by atoms with van der Waals surface area (Å²) in [6.07, 6.45) is 10.4. The van der Waals surface area contributed by atoms with Crippen molar-refractivity contribution in [3.63, 3.8) is 0 Å². The summed E-state index contributed by atoms with van der Waals surface area (Å²) in [5.74, 6) is 1.24. The Kier molecular flexibility index (Phi) is 4.02. The molecule has 0 spiro atoms. The van der Waals surface area contributed by atoms with Crippen LogP contribution in [0.15, 0.2) is 12.4 Å². The van der Waals surface area contributed by atoms with Gasteiger partial charge >= 0.3 is 0 Å². The first-order valence-corrected chi connectivity index (χ1v) is 8.09. The third-order valence-corrected chi connectivity index (χ3v) is 5.09. The van der Waals surface area contributed by atoms with Crippen LogP contribution in [0.2, 0.25) is 0 Å². The lowest BCUT2D eigenvalue weighted by Crippen LogP contribution is -2.48. The number of aryl methyl sites for hydroxylation is 1. The molecule has 116 valence electrons. The molecule has 1 aromatic heterocycles. The summed E-state index contributed by atoms with van der Waals surface area (Å²) in [5.41, 5.74) is -0.887. The van der Waals surface area contributed by atoms with Crippen molar-refractivity contribution in [2.45, 2.75) is 50.5 Å². The van der Waals surface area contributed by atoms with Crippen LogP contribution < -0.4 is 0 Å². The molecule has 0 radical (unpaired) electrons. The molecule has 1 saturated carbocycles. The van der Waals surface area contributed by atoms with Gasteiger partial charge in [-0.15, -0.1) is 0 Å². The topological polar surface area (TPSA) is 58.4 Å². The second-order valence-corrected chi connectivity index (χ2v) is 6.55. The van der Waals surface area contributed by atoms with Crippen LogP contribution in [0.3, 0.4) is 0 Å². The quantitative estimate of drug-likeness (QED) is 0.904. The standard InChI is InChI=1S/C16H25N3O2/c1-18-12-9-17-15(18)16(21)7-10-19(11-8-16)14(20)13-5-3-2-4-6-13/h9,12-13,21H,2-8,10-11H2,1H3. The fourth-order valence-corrected chi connectivity index (χ4v) is 3.74. The van der Waals surface area contributed by atoms with Gasteiger partial charge in [0.05, 0.1) is 0 Å². The highest BCUT2D eigenvalue weighted by molar-refractivity contribution is 5.79. The Morgan fingerprint density at radius 1 is 1.29 bits per heavy atom. The molecule has 5 heteroatoms. The summed E-state index contributed by atoms with van der Waals surface area (Å²) >= 11 is 0. The van der Waals surface area contributed by atoms with E-state index >= 15 is 0 Å². The van der Waals surface area contributed by atoms with E-state index in [9.17, 15) is 9.90 Å². The van der Waals surface area contributed by atoms with Gasteiger partial charge in [-0.25, -0.2) is 4.98 Å². The van der Waals surface area contributed by atoms with Crippen LogP contribution in [0.1, 0.15) is 50.8 Å². The van der Waals surface area contributed by atoms with Gasteiger partial charge in [-0.05, 0) is 12.8 Å². The van der Waals surface area contributed by atoms with Crippen LogP contribution in [0, 0.1) is 5.92 Å². The SMILES string of the molecule is Cn1ccnc1C1(O)CCN(C(=O)C2CCCCC2)CC1. The molecular formula is C16H25N3O2. The number of hydrogen-bond donors (Lipinski definition) is 1. The number of aromatic nitrogens is 2. The van der Waals surface area contributed by atoms with Crippen molar-refractivity contribution in [1.29, 1.82) is 0 Å². The summed E-state index contributed by atoms with van der Waals surface area (Å²) in [6, 6.07) is 0. The lowest BCUT2D eigenvalue weighted by atomic mass is 9.86. The summed E-state index contributed by atoms with van der Waals surface area (Å²) in [7, 11) is 1.90. The number of amides is 1. The molecule has 1 amide bonds. The first-order chi connectivity index (χ1) is 10.1. The van der Waals surface area contributed by atoms with E-state index in [1.54, 1.807) is 6.20 Å². The van der Waals surface area contributed by atoms with Gasteiger partial charge in [0, 0.05) is 51.3 Å². The minimum atomic E-state index is -0.887. The van der Waals surface area contributed by atoms with Crippen molar-refractivity contribution in [1.82, 2.24) is 14.5 Å². The van der Waals surface area contributed by atoms with Crippen molar-refractivity contribution < 1.29 is 9.90 Å². The molecule has 1 N–H and O–H groups in total. The van der Waals surface area contributed by atoms with E-state index in [1.807, 2.05) is 22.7 Å². The van der Waals surface area contributed by atoms with Crippen LogP contribution in [-0.2, 0) is 17.4 Å². The summed E-state index contributed by atoms with van der Waals surface area (Å²) in [6.45, 7) is 1.28. The highest BCUT2D eigenvalue weighted by atomic mass is 16.3. The van der Waals surface area contributed by atoms with Crippen molar-refractivity contribution >= 4 is 5.91 Å². The average molecular weight is 291 g/mol. The molecule has 1 aromatic rings. The molecule has 1 aliphatic carbocycles. The monoisotopic (exact) mass is 291 g/mol. The molecule has 1 saturated heterocycles. The van der Waals surface area contributed by atoms with E-state index in [0.717, 1.165) is 12.8 Å². The molecule has 5 nitrogen and oxygen atoms in total. The van der Waals surface area contributed by atoms with Gasteiger partial charge < -0.3 is 14.6 Å². The Morgan fingerprint density at radius 3 is 2.52 bits per heavy atom. The fourth-order valence-electron chi connectivity index (χ4n) is 3.74. The molecule has 0 aromatic carbocycles. The van der Waals surface area contributed by atoms with Gasteiger partial charge in [0.25, 0.3) is 0 Å². The summed E-state index contributed by atoms with van der Waals surface area (Å²) < 4.78 is 1.87. The number of nitrogens with zero attached hydrogens (tertiary/aromatic N) is 3. The zero-order chi connectivity index (χ0) is 14.9.